The maximum atomic E-state index is 13.4. The van der Waals surface area contributed by atoms with Gasteiger partial charge in [-0.05, 0) is 18.2 Å². The SMILES string of the molecule is N#Cc1ccnnc1Oc1c(N)cccc1F. The van der Waals surface area contributed by atoms with E-state index < -0.39 is 5.82 Å². The summed E-state index contributed by atoms with van der Waals surface area (Å²) in [6.45, 7) is 0. The molecule has 0 unspecified atom stereocenters. The van der Waals surface area contributed by atoms with E-state index >= 15 is 0 Å². The van der Waals surface area contributed by atoms with Crippen LogP contribution in [0.5, 0.6) is 11.6 Å². The molecule has 0 atom stereocenters. The predicted molar refractivity (Wildman–Crippen MR) is 57.6 cm³/mol. The average molecular weight is 230 g/mol. The van der Waals surface area contributed by atoms with Crippen molar-refractivity contribution in [2.75, 3.05) is 5.73 Å². The highest BCUT2D eigenvalue weighted by Crippen LogP contribution is 2.30. The van der Waals surface area contributed by atoms with Crippen molar-refractivity contribution < 1.29 is 9.13 Å². The van der Waals surface area contributed by atoms with E-state index in [0.717, 1.165) is 0 Å². The van der Waals surface area contributed by atoms with E-state index in [0.29, 0.717) is 0 Å². The molecule has 0 aliphatic rings. The molecule has 17 heavy (non-hydrogen) atoms. The first-order valence-electron chi connectivity index (χ1n) is 4.66. The van der Waals surface area contributed by atoms with Gasteiger partial charge in [0.15, 0.2) is 11.6 Å². The summed E-state index contributed by atoms with van der Waals surface area (Å²) < 4.78 is 18.6. The van der Waals surface area contributed by atoms with Gasteiger partial charge in [0.25, 0.3) is 5.88 Å². The fraction of sp³-hybridized carbons (Fsp3) is 0. The molecule has 2 N–H and O–H groups in total. The van der Waals surface area contributed by atoms with Gasteiger partial charge in [0.1, 0.15) is 11.6 Å². The summed E-state index contributed by atoms with van der Waals surface area (Å²) >= 11 is 0. The number of anilines is 1. The Kier molecular flexibility index (Phi) is 2.83. The normalized spacial score (nSPS) is 9.65. The summed E-state index contributed by atoms with van der Waals surface area (Å²) in [7, 11) is 0. The van der Waals surface area contributed by atoms with Gasteiger partial charge in [-0.1, -0.05) is 6.07 Å². The third-order valence-electron chi connectivity index (χ3n) is 2.00. The van der Waals surface area contributed by atoms with Gasteiger partial charge in [0.2, 0.25) is 0 Å². The number of nitrogens with two attached hydrogens (primary N) is 1. The van der Waals surface area contributed by atoms with E-state index in [2.05, 4.69) is 10.2 Å². The lowest BCUT2D eigenvalue weighted by atomic mass is 10.3. The molecule has 6 heteroatoms. The number of hydrogen-bond acceptors (Lipinski definition) is 5. The third-order valence-corrected chi connectivity index (χ3v) is 2.00. The fourth-order valence-corrected chi connectivity index (χ4v) is 1.21. The number of nitrogen functional groups attached to an aromatic ring is 1. The maximum absolute atomic E-state index is 13.4. The van der Waals surface area contributed by atoms with Crippen LogP contribution in [0.4, 0.5) is 10.1 Å². The van der Waals surface area contributed by atoms with E-state index in [1.54, 1.807) is 0 Å². The molecule has 0 saturated heterocycles. The number of rotatable bonds is 2. The maximum Gasteiger partial charge on any atom is 0.257 e. The van der Waals surface area contributed by atoms with Gasteiger partial charge in [-0.3, -0.25) is 0 Å². The molecule has 0 radical (unpaired) electrons. The molecular weight excluding hydrogens is 223 g/mol. The first-order chi connectivity index (χ1) is 8.22. The van der Waals surface area contributed by atoms with Gasteiger partial charge in [-0.2, -0.15) is 10.4 Å². The van der Waals surface area contributed by atoms with Crippen LogP contribution in [0.3, 0.4) is 0 Å². The van der Waals surface area contributed by atoms with Gasteiger partial charge in [0.05, 0.1) is 11.9 Å². The molecule has 0 saturated carbocycles. The Morgan fingerprint density at radius 1 is 1.35 bits per heavy atom. The second-order valence-electron chi connectivity index (χ2n) is 3.12. The molecule has 1 heterocycles. The highest BCUT2D eigenvalue weighted by molar-refractivity contribution is 5.54. The highest BCUT2D eigenvalue weighted by Gasteiger charge is 2.12. The Bertz CT molecular complexity index is 574. The average Bonchev–Trinajstić information content (AvgIpc) is 2.34. The smallest absolute Gasteiger partial charge is 0.257 e. The van der Waals surface area contributed by atoms with Gasteiger partial charge >= 0.3 is 0 Å². The number of nitriles is 1. The van der Waals surface area contributed by atoms with Crippen molar-refractivity contribution in [2.24, 2.45) is 0 Å². The summed E-state index contributed by atoms with van der Waals surface area (Å²) in [5.74, 6) is -0.865. The molecule has 0 amide bonds. The van der Waals surface area contributed by atoms with E-state index in [1.807, 2.05) is 6.07 Å². The van der Waals surface area contributed by atoms with E-state index in [1.165, 1.54) is 30.5 Å². The monoisotopic (exact) mass is 230 g/mol. The van der Waals surface area contributed by atoms with Gasteiger partial charge in [-0.25, -0.2) is 4.39 Å². The van der Waals surface area contributed by atoms with Gasteiger partial charge in [-0.15, -0.1) is 5.10 Å². The molecule has 1 aromatic carbocycles. The topological polar surface area (TPSA) is 84.8 Å². The third kappa shape index (κ3) is 2.13. The van der Waals surface area contributed by atoms with Crippen molar-refractivity contribution in [1.29, 1.82) is 5.26 Å². The Labute approximate surface area is 96.3 Å². The van der Waals surface area contributed by atoms with Crippen LogP contribution in [0, 0.1) is 17.1 Å². The van der Waals surface area contributed by atoms with Crippen molar-refractivity contribution in [1.82, 2.24) is 10.2 Å². The highest BCUT2D eigenvalue weighted by atomic mass is 19.1. The summed E-state index contributed by atoms with van der Waals surface area (Å²) in [6.07, 6.45) is 1.34. The lowest BCUT2D eigenvalue weighted by Crippen LogP contribution is -1.99. The first-order valence-corrected chi connectivity index (χ1v) is 4.66. The Balaban J connectivity index is 2.42. The Hall–Kier alpha value is -2.68. The second-order valence-corrected chi connectivity index (χ2v) is 3.12. The molecular formula is C11H7FN4O. The minimum Gasteiger partial charge on any atom is -0.431 e. The number of para-hydroxylation sites is 1. The van der Waals surface area contributed by atoms with Crippen molar-refractivity contribution in [3.05, 3.63) is 41.8 Å². The Morgan fingerprint density at radius 3 is 2.88 bits per heavy atom. The summed E-state index contributed by atoms with van der Waals surface area (Å²) in [5, 5.41) is 16.0. The van der Waals surface area contributed by atoms with Gasteiger partial charge < -0.3 is 10.5 Å². The second kappa shape index (κ2) is 4.45. The van der Waals surface area contributed by atoms with Crippen LogP contribution in [-0.2, 0) is 0 Å². The van der Waals surface area contributed by atoms with Crippen molar-refractivity contribution in [3.8, 4) is 17.7 Å². The van der Waals surface area contributed by atoms with E-state index in [4.69, 9.17) is 15.7 Å². The zero-order chi connectivity index (χ0) is 12.3. The van der Waals surface area contributed by atoms with Crippen LogP contribution in [0.1, 0.15) is 5.56 Å². The summed E-state index contributed by atoms with van der Waals surface area (Å²) in [4.78, 5) is 0. The summed E-state index contributed by atoms with van der Waals surface area (Å²) in [5.41, 5.74) is 5.84. The number of nitrogens with zero attached hydrogens (tertiary/aromatic N) is 3. The quantitative estimate of drug-likeness (QED) is 0.796. The molecule has 2 rings (SSSR count). The number of hydrogen-bond donors (Lipinski definition) is 1. The number of halogens is 1. The number of aromatic nitrogens is 2. The van der Waals surface area contributed by atoms with E-state index in [9.17, 15) is 4.39 Å². The first kappa shape index (κ1) is 10.8. The summed E-state index contributed by atoms with van der Waals surface area (Å²) in [6, 6.07) is 7.43. The minimum absolute atomic E-state index is 0.0770. The molecule has 0 aliphatic heterocycles. The fourth-order valence-electron chi connectivity index (χ4n) is 1.21. The molecule has 0 spiro atoms. The molecule has 5 nitrogen and oxygen atoms in total. The molecule has 2 aromatic rings. The number of ether oxygens (including phenoxy) is 1. The largest absolute Gasteiger partial charge is 0.431 e. The Morgan fingerprint density at radius 2 is 2.18 bits per heavy atom. The van der Waals surface area contributed by atoms with Crippen LogP contribution >= 0.6 is 0 Å². The standard InChI is InChI=1S/C11H7FN4O/c12-8-2-1-3-9(14)10(8)17-11-7(6-13)4-5-15-16-11/h1-5H,14H2. The van der Waals surface area contributed by atoms with Gasteiger partial charge in [0, 0.05) is 0 Å². The van der Waals surface area contributed by atoms with Crippen molar-refractivity contribution in [2.45, 2.75) is 0 Å². The molecule has 84 valence electrons. The minimum atomic E-state index is -0.625. The van der Waals surface area contributed by atoms with Crippen LogP contribution < -0.4 is 10.5 Å². The van der Waals surface area contributed by atoms with Crippen molar-refractivity contribution >= 4 is 5.69 Å². The van der Waals surface area contributed by atoms with Crippen LogP contribution in [-0.4, -0.2) is 10.2 Å². The van der Waals surface area contributed by atoms with E-state index in [-0.39, 0.29) is 22.9 Å². The zero-order valence-electron chi connectivity index (χ0n) is 8.59. The molecule has 0 bridgehead atoms. The lowest BCUT2D eigenvalue weighted by molar-refractivity contribution is 0.423. The molecule has 0 fully saturated rings. The zero-order valence-corrected chi connectivity index (χ0v) is 8.59. The van der Waals surface area contributed by atoms with Crippen LogP contribution in [0.25, 0.3) is 0 Å². The molecule has 1 aromatic heterocycles. The van der Waals surface area contributed by atoms with Crippen LogP contribution in [0.15, 0.2) is 30.5 Å². The van der Waals surface area contributed by atoms with Crippen LogP contribution in [0.2, 0.25) is 0 Å². The molecule has 0 aliphatic carbocycles. The lowest BCUT2D eigenvalue weighted by Gasteiger charge is -2.08. The predicted octanol–water partition coefficient (Wildman–Crippen LogP) is 1.86. The number of benzene rings is 1. The van der Waals surface area contributed by atoms with Crippen molar-refractivity contribution in [3.63, 3.8) is 0 Å².